The Morgan fingerprint density at radius 3 is 2.58 bits per heavy atom. The highest BCUT2D eigenvalue weighted by atomic mass is 19.1. The summed E-state index contributed by atoms with van der Waals surface area (Å²) in [6.07, 6.45) is 1.25. The van der Waals surface area contributed by atoms with Crippen LogP contribution in [0.4, 0.5) is 8.78 Å². The Morgan fingerprint density at radius 2 is 2.00 bits per heavy atom. The molecule has 2 aromatic rings. The predicted molar refractivity (Wildman–Crippen MR) is 86.4 cm³/mol. The summed E-state index contributed by atoms with van der Waals surface area (Å²) < 4.78 is 27.9. The second-order valence-electron chi connectivity index (χ2n) is 6.66. The van der Waals surface area contributed by atoms with Gasteiger partial charge < -0.3 is 10.4 Å². The Morgan fingerprint density at radius 1 is 1.38 bits per heavy atom. The number of nitrogens with one attached hydrogen (secondary N) is 2. The monoisotopic (exact) mass is 337 g/mol. The molecule has 0 fully saturated rings. The molecular formula is C17H21F2N3O2. The molecule has 7 heteroatoms. The summed E-state index contributed by atoms with van der Waals surface area (Å²) in [6, 6.07) is 3.49. The maximum atomic E-state index is 13.9. The average molecular weight is 337 g/mol. The van der Waals surface area contributed by atoms with E-state index in [1.54, 1.807) is 6.92 Å². The second kappa shape index (κ2) is 7.09. The molecule has 1 unspecified atom stereocenters. The standard InChI is InChI=1S/C17H21F2N3O2/c1-10(23)7-17(2,3)9-20-16(24)11-8-21-22-15(11)14-12(18)5-4-6-13(14)19/h4-6,8,10,23H,7,9H2,1-3H3,(H,20,24)(H,21,22). The Labute approximate surface area is 139 Å². The van der Waals surface area contributed by atoms with Gasteiger partial charge in [0.25, 0.3) is 5.91 Å². The summed E-state index contributed by atoms with van der Waals surface area (Å²) in [5, 5.41) is 18.4. The van der Waals surface area contributed by atoms with E-state index in [9.17, 15) is 18.7 Å². The fourth-order valence-corrected chi connectivity index (χ4v) is 2.67. The first-order chi connectivity index (χ1) is 11.2. The molecule has 0 aliphatic heterocycles. The Balaban J connectivity index is 2.20. The molecule has 2 rings (SSSR count). The van der Waals surface area contributed by atoms with Gasteiger partial charge in [0.15, 0.2) is 0 Å². The van der Waals surface area contributed by atoms with E-state index in [0.717, 1.165) is 12.1 Å². The van der Waals surface area contributed by atoms with Gasteiger partial charge in [-0.2, -0.15) is 5.10 Å². The first-order valence-corrected chi connectivity index (χ1v) is 7.65. The van der Waals surface area contributed by atoms with Crippen molar-refractivity contribution in [2.45, 2.75) is 33.3 Å². The van der Waals surface area contributed by atoms with Crippen LogP contribution in [0.15, 0.2) is 24.4 Å². The van der Waals surface area contributed by atoms with Gasteiger partial charge >= 0.3 is 0 Å². The Kier molecular flexibility index (Phi) is 5.33. The Bertz CT molecular complexity index is 706. The number of aromatic nitrogens is 2. The number of amides is 1. The van der Waals surface area contributed by atoms with Crippen molar-refractivity contribution >= 4 is 5.91 Å². The number of nitrogens with zero attached hydrogens (tertiary/aromatic N) is 1. The summed E-state index contributed by atoms with van der Waals surface area (Å²) in [7, 11) is 0. The molecule has 0 aliphatic rings. The zero-order chi connectivity index (χ0) is 17.9. The summed E-state index contributed by atoms with van der Waals surface area (Å²) in [5.41, 5.74) is -0.580. The van der Waals surface area contributed by atoms with Gasteiger partial charge in [-0.25, -0.2) is 8.78 Å². The van der Waals surface area contributed by atoms with Crippen molar-refractivity contribution in [2.24, 2.45) is 5.41 Å². The van der Waals surface area contributed by atoms with Gasteiger partial charge in [0.05, 0.1) is 29.1 Å². The lowest BCUT2D eigenvalue weighted by Gasteiger charge is -2.26. The SMILES string of the molecule is CC(O)CC(C)(C)CNC(=O)c1cn[nH]c1-c1c(F)cccc1F. The van der Waals surface area contributed by atoms with Gasteiger partial charge in [0.2, 0.25) is 0 Å². The van der Waals surface area contributed by atoms with Crippen molar-refractivity contribution in [1.82, 2.24) is 15.5 Å². The van der Waals surface area contributed by atoms with E-state index in [-0.39, 0.29) is 22.2 Å². The van der Waals surface area contributed by atoms with E-state index >= 15 is 0 Å². The number of carbonyl (C=O) groups is 1. The lowest BCUT2D eigenvalue weighted by molar-refractivity contribution is 0.0902. The normalized spacial score (nSPS) is 12.9. The van der Waals surface area contributed by atoms with Crippen LogP contribution in [0, 0.1) is 17.0 Å². The van der Waals surface area contributed by atoms with Crippen LogP contribution in [0.3, 0.4) is 0 Å². The van der Waals surface area contributed by atoms with Crippen molar-refractivity contribution in [2.75, 3.05) is 6.54 Å². The van der Waals surface area contributed by atoms with Gasteiger partial charge in [0.1, 0.15) is 11.6 Å². The molecule has 1 aromatic heterocycles. The predicted octanol–water partition coefficient (Wildman–Crippen LogP) is 2.88. The minimum atomic E-state index is -0.775. The van der Waals surface area contributed by atoms with Crippen LogP contribution in [0.5, 0.6) is 0 Å². The molecule has 24 heavy (non-hydrogen) atoms. The van der Waals surface area contributed by atoms with Gasteiger partial charge in [-0.1, -0.05) is 19.9 Å². The molecule has 130 valence electrons. The van der Waals surface area contributed by atoms with E-state index < -0.39 is 23.6 Å². The highest BCUT2D eigenvalue weighted by Crippen LogP contribution is 2.27. The van der Waals surface area contributed by atoms with Crippen LogP contribution >= 0.6 is 0 Å². The highest BCUT2D eigenvalue weighted by molar-refractivity contribution is 5.99. The first-order valence-electron chi connectivity index (χ1n) is 7.65. The summed E-state index contributed by atoms with van der Waals surface area (Å²) >= 11 is 0. The number of hydrogen-bond donors (Lipinski definition) is 3. The fourth-order valence-electron chi connectivity index (χ4n) is 2.67. The topological polar surface area (TPSA) is 78.0 Å². The van der Waals surface area contributed by atoms with Crippen LogP contribution in [0.2, 0.25) is 0 Å². The number of carbonyl (C=O) groups excluding carboxylic acids is 1. The van der Waals surface area contributed by atoms with Gasteiger partial charge in [-0.05, 0) is 30.9 Å². The van der Waals surface area contributed by atoms with Crippen molar-refractivity contribution in [3.05, 3.63) is 41.6 Å². The third kappa shape index (κ3) is 4.17. The first kappa shape index (κ1) is 18.1. The molecule has 0 spiro atoms. The third-order valence-corrected chi connectivity index (χ3v) is 3.67. The van der Waals surface area contributed by atoms with E-state index in [1.165, 1.54) is 12.3 Å². The van der Waals surface area contributed by atoms with Gasteiger partial charge in [-0.15, -0.1) is 0 Å². The lowest BCUT2D eigenvalue weighted by Crippen LogP contribution is -2.35. The molecule has 0 saturated heterocycles. The Hall–Kier alpha value is -2.28. The lowest BCUT2D eigenvalue weighted by atomic mass is 9.87. The van der Waals surface area contributed by atoms with Crippen molar-refractivity contribution in [3.63, 3.8) is 0 Å². The molecule has 1 aromatic carbocycles. The molecule has 0 bridgehead atoms. The maximum absolute atomic E-state index is 13.9. The number of rotatable bonds is 6. The molecule has 1 heterocycles. The molecule has 1 atom stereocenters. The molecule has 0 aliphatic carbocycles. The zero-order valence-electron chi connectivity index (χ0n) is 13.9. The van der Waals surface area contributed by atoms with Crippen LogP contribution in [-0.2, 0) is 0 Å². The molecule has 1 amide bonds. The third-order valence-electron chi connectivity index (χ3n) is 3.67. The van der Waals surface area contributed by atoms with E-state index in [1.807, 2.05) is 13.8 Å². The minimum absolute atomic E-state index is 0.00330. The number of aliphatic hydroxyl groups is 1. The van der Waals surface area contributed by atoms with E-state index in [2.05, 4.69) is 15.5 Å². The average Bonchev–Trinajstić information content (AvgIpc) is 2.92. The molecular weight excluding hydrogens is 316 g/mol. The highest BCUT2D eigenvalue weighted by Gasteiger charge is 2.24. The zero-order valence-corrected chi connectivity index (χ0v) is 13.9. The van der Waals surface area contributed by atoms with Crippen LogP contribution < -0.4 is 5.32 Å². The molecule has 0 saturated carbocycles. The number of aromatic amines is 1. The van der Waals surface area contributed by atoms with Crippen LogP contribution in [-0.4, -0.2) is 33.9 Å². The number of aliphatic hydroxyl groups excluding tert-OH is 1. The van der Waals surface area contributed by atoms with Crippen LogP contribution in [0.25, 0.3) is 11.3 Å². The maximum Gasteiger partial charge on any atom is 0.255 e. The van der Waals surface area contributed by atoms with Gasteiger partial charge in [0, 0.05) is 6.54 Å². The van der Waals surface area contributed by atoms with E-state index in [4.69, 9.17) is 0 Å². The minimum Gasteiger partial charge on any atom is -0.393 e. The van der Waals surface area contributed by atoms with E-state index in [0.29, 0.717) is 13.0 Å². The van der Waals surface area contributed by atoms with Crippen molar-refractivity contribution in [1.29, 1.82) is 0 Å². The number of halogens is 2. The quantitative estimate of drug-likeness (QED) is 0.758. The summed E-state index contributed by atoms with van der Waals surface area (Å²) in [5.74, 6) is -2.04. The summed E-state index contributed by atoms with van der Waals surface area (Å²) in [6.45, 7) is 5.80. The number of hydrogen-bond acceptors (Lipinski definition) is 3. The fraction of sp³-hybridized carbons (Fsp3) is 0.412. The smallest absolute Gasteiger partial charge is 0.255 e. The largest absolute Gasteiger partial charge is 0.393 e. The second-order valence-corrected chi connectivity index (χ2v) is 6.66. The van der Waals surface area contributed by atoms with Crippen molar-refractivity contribution < 1.29 is 18.7 Å². The number of benzene rings is 1. The number of H-pyrrole nitrogens is 1. The molecule has 0 radical (unpaired) electrons. The van der Waals surface area contributed by atoms with Crippen LogP contribution in [0.1, 0.15) is 37.6 Å². The van der Waals surface area contributed by atoms with Crippen molar-refractivity contribution in [3.8, 4) is 11.3 Å². The molecule has 3 N–H and O–H groups in total. The molecule has 5 nitrogen and oxygen atoms in total. The summed E-state index contributed by atoms with van der Waals surface area (Å²) in [4.78, 5) is 12.4. The van der Waals surface area contributed by atoms with Gasteiger partial charge in [-0.3, -0.25) is 9.89 Å².